The molecular formula is C12H12BrClN2O2. The number of aliphatic hydroxyl groups excluding tert-OH is 1. The minimum atomic E-state index is -0.159. The highest BCUT2D eigenvalue weighted by Gasteiger charge is 2.16. The zero-order valence-electron chi connectivity index (χ0n) is 9.73. The molecule has 2 rings (SSSR count). The maximum absolute atomic E-state index is 9.33. The molecule has 1 aromatic carbocycles. The van der Waals surface area contributed by atoms with Crippen LogP contribution in [0.25, 0.3) is 5.69 Å². The van der Waals surface area contributed by atoms with Crippen LogP contribution in [0.15, 0.2) is 28.7 Å². The van der Waals surface area contributed by atoms with Gasteiger partial charge in [0.2, 0.25) is 0 Å². The summed E-state index contributed by atoms with van der Waals surface area (Å²) in [7, 11) is 1.58. The number of hydrogen-bond donors (Lipinski definition) is 1. The molecular weight excluding hydrogens is 320 g/mol. The summed E-state index contributed by atoms with van der Waals surface area (Å²) in [5, 5.41) is 14.1. The molecule has 0 saturated heterocycles. The van der Waals surface area contributed by atoms with Gasteiger partial charge in [0.15, 0.2) is 0 Å². The van der Waals surface area contributed by atoms with Gasteiger partial charge in [0.05, 0.1) is 24.6 Å². The van der Waals surface area contributed by atoms with Crippen LogP contribution in [0, 0.1) is 0 Å². The molecule has 2 aromatic rings. The monoisotopic (exact) mass is 330 g/mol. The molecule has 18 heavy (non-hydrogen) atoms. The SMILES string of the molecule is COCc1nn(-c2ccc(Br)cc2)c(Cl)c1CO. The highest BCUT2D eigenvalue weighted by molar-refractivity contribution is 9.10. The molecule has 1 aromatic heterocycles. The first-order valence-electron chi connectivity index (χ1n) is 5.29. The number of halogens is 2. The maximum Gasteiger partial charge on any atom is 0.138 e. The molecule has 0 aliphatic rings. The van der Waals surface area contributed by atoms with Crippen LogP contribution in [0.4, 0.5) is 0 Å². The molecule has 0 spiro atoms. The van der Waals surface area contributed by atoms with Crippen molar-refractivity contribution in [3.05, 3.63) is 45.1 Å². The molecule has 6 heteroatoms. The van der Waals surface area contributed by atoms with Gasteiger partial charge in [-0.3, -0.25) is 0 Å². The van der Waals surface area contributed by atoms with Crippen LogP contribution in [0.2, 0.25) is 5.15 Å². The summed E-state index contributed by atoms with van der Waals surface area (Å²) in [5.41, 5.74) is 2.08. The lowest BCUT2D eigenvalue weighted by atomic mass is 10.3. The third-order valence-corrected chi connectivity index (χ3v) is 3.43. The zero-order valence-corrected chi connectivity index (χ0v) is 12.1. The lowest BCUT2D eigenvalue weighted by Gasteiger charge is -2.03. The summed E-state index contributed by atoms with van der Waals surface area (Å²) in [5.74, 6) is 0. The van der Waals surface area contributed by atoms with Crippen molar-refractivity contribution < 1.29 is 9.84 Å². The van der Waals surface area contributed by atoms with Crippen LogP contribution >= 0.6 is 27.5 Å². The van der Waals surface area contributed by atoms with Crippen molar-refractivity contribution in [2.45, 2.75) is 13.2 Å². The lowest BCUT2D eigenvalue weighted by Crippen LogP contribution is -1.97. The summed E-state index contributed by atoms with van der Waals surface area (Å²) in [4.78, 5) is 0. The Kier molecular flexibility index (Phi) is 4.40. The summed E-state index contributed by atoms with van der Waals surface area (Å²) in [6.07, 6.45) is 0. The average Bonchev–Trinajstić information content (AvgIpc) is 2.67. The van der Waals surface area contributed by atoms with E-state index in [2.05, 4.69) is 21.0 Å². The second-order valence-electron chi connectivity index (χ2n) is 3.70. The lowest BCUT2D eigenvalue weighted by molar-refractivity contribution is 0.178. The van der Waals surface area contributed by atoms with Gasteiger partial charge in [0, 0.05) is 17.1 Å². The number of aromatic nitrogens is 2. The highest BCUT2D eigenvalue weighted by Crippen LogP contribution is 2.25. The van der Waals surface area contributed by atoms with Crippen LogP contribution in [0.1, 0.15) is 11.3 Å². The van der Waals surface area contributed by atoms with Crippen molar-refractivity contribution in [3.63, 3.8) is 0 Å². The van der Waals surface area contributed by atoms with Crippen molar-refractivity contribution in [1.29, 1.82) is 0 Å². The third-order valence-electron chi connectivity index (χ3n) is 2.51. The first-order chi connectivity index (χ1) is 8.67. The van der Waals surface area contributed by atoms with Crippen molar-refractivity contribution >= 4 is 27.5 Å². The summed E-state index contributed by atoms with van der Waals surface area (Å²) < 4.78 is 7.61. The molecule has 0 radical (unpaired) electrons. The van der Waals surface area contributed by atoms with E-state index in [-0.39, 0.29) is 6.61 Å². The predicted molar refractivity (Wildman–Crippen MR) is 72.9 cm³/mol. The number of benzene rings is 1. The molecule has 0 bridgehead atoms. The number of methoxy groups -OCH3 is 1. The molecule has 1 heterocycles. The largest absolute Gasteiger partial charge is 0.391 e. The first kappa shape index (κ1) is 13.5. The summed E-state index contributed by atoms with van der Waals surface area (Å²) >= 11 is 9.58. The summed E-state index contributed by atoms with van der Waals surface area (Å²) in [6, 6.07) is 7.59. The molecule has 0 fully saturated rings. The molecule has 1 N–H and O–H groups in total. The Morgan fingerprint density at radius 1 is 1.39 bits per heavy atom. The number of nitrogens with zero attached hydrogens (tertiary/aromatic N) is 2. The summed E-state index contributed by atoms with van der Waals surface area (Å²) in [6.45, 7) is 0.160. The number of hydrogen-bond acceptors (Lipinski definition) is 3. The molecule has 96 valence electrons. The van der Waals surface area contributed by atoms with Gasteiger partial charge in [-0.1, -0.05) is 27.5 Å². The minimum Gasteiger partial charge on any atom is -0.391 e. The Labute approximate surface area is 118 Å². The van der Waals surface area contributed by atoms with E-state index < -0.39 is 0 Å². The Hall–Kier alpha value is -0.880. The molecule has 4 nitrogen and oxygen atoms in total. The highest BCUT2D eigenvalue weighted by atomic mass is 79.9. The number of aliphatic hydroxyl groups is 1. The Morgan fingerprint density at radius 3 is 2.61 bits per heavy atom. The average molecular weight is 332 g/mol. The normalized spacial score (nSPS) is 10.9. The van der Waals surface area contributed by atoms with E-state index in [1.165, 1.54) is 0 Å². The van der Waals surface area contributed by atoms with Crippen LogP contribution in [0.5, 0.6) is 0 Å². The van der Waals surface area contributed by atoms with E-state index in [1.807, 2.05) is 24.3 Å². The smallest absolute Gasteiger partial charge is 0.138 e. The van der Waals surface area contributed by atoms with Crippen molar-refractivity contribution in [1.82, 2.24) is 9.78 Å². The van der Waals surface area contributed by atoms with Crippen LogP contribution < -0.4 is 0 Å². The van der Waals surface area contributed by atoms with E-state index in [9.17, 15) is 5.11 Å². The van der Waals surface area contributed by atoms with Gasteiger partial charge in [-0.25, -0.2) is 4.68 Å². The number of rotatable bonds is 4. The quantitative estimate of drug-likeness (QED) is 0.937. The Morgan fingerprint density at radius 2 is 2.06 bits per heavy atom. The van der Waals surface area contributed by atoms with Gasteiger partial charge in [-0.15, -0.1) is 0 Å². The molecule has 0 amide bonds. The number of ether oxygens (including phenoxy) is 1. The van der Waals surface area contributed by atoms with E-state index in [1.54, 1.807) is 11.8 Å². The second kappa shape index (κ2) is 5.84. The van der Waals surface area contributed by atoms with Gasteiger partial charge in [0.25, 0.3) is 0 Å². The van der Waals surface area contributed by atoms with E-state index in [0.29, 0.717) is 23.0 Å². The molecule has 0 saturated carbocycles. The van der Waals surface area contributed by atoms with Gasteiger partial charge in [0.1, 0.15) is 5.15 Å². The standard InChI is InChI=1S/C12H12BrClN2O2/c1-18-7-11-10(6-17)12(14)16(15-11)9-4-2-8(13)3-5-9/h2-5,17H,6-7H2,1H3. The van der Waals surface area contributed by atoms with Gasteiger partial charge < -0.3 is 9.84 Å². The van der Waals surface area contributed by atoms with Gasteiger partial charge in [-0.05, 0) is 24.3 Å². The second-order valence-corrected chi connectivity index (χ2v) is 4.97. The molecule has 0 unspecified atom stereocenters. The van der Waals surface area contributed by atoms with E-state index in [0.717, 1.165) is 10.2 Å². The Bertz CT molecular complexity index is 540. The third kappa shape index (κ3) is 2.59. The zero-order chi connectivity index (χ0) is 13.1. The first-order valence-corrected chi connectivity index (χ1v) is 6.46. The van der Waals surface area contributed by atoms with Crippen molar-refractivity contribution in [2.24, 2.45) is 0 Å². The Balaban J connectivity index is 2.47. The minimum absolute atomic E-state index is 0.159. The fraction of sp³-hybridized carbons (Fsp3) is 0.250. The van der Waals surface area contributed by atoms with E-state index >= 15 is 0 Å². The van der Waals surface area contributed by atoms with Crippen molar-refractivity contribution in [2.75, 3.05) is 7.11 Å². The van der Waals surface area contributed by atoms with Crippen molar-refractivity contribution in [3.8, 4) is 5.69 Å². The van der Waals surface area contributed by atoms with Crippen LogP contribution in [0.3, 0.4) is 0 Å². The fourth-order valence-electron chi connectivity index (χ4n) is 1.63. The molecule has 0 atom stereocenters. The van der Waals surface area contributed by atoms with Gasteiger partial charge >= 0.3 is 0 Å². The maximum atomic E-state index is 9.33. The fourth-order valence-corrected chi connectivity index (χ4v) is 2.20. The molecule has 0 aliphatic heterocycles. The topological polar surface area (TPSA) is 47.3 Å². The van der Waals surface area contributed by atoms with Crippen LogP contribution in [-0.2, 0) is 18.0 Å². The van der Waals surface area contributed by atoms with Gasteiger partial charge in [-0.2, -0.15) is 5.10 Å². The van der Waals surface area contributed by atoms with E-state index in [4.69, 9.17) is 16.3 Å². The molecule has 0 aliphatic carbocycles. The van der Waals surface area contributed by atoms with Crippen LogP contribution in [-0.4, -0.2) is 22.0 Å². The predicted octanol–water partition coefficient (Wildman–Crippen LogP) is 2.93.